The highest BCUT2D eigenvalue weighted by Crippen LogP contribution is 2.33. The van der Waals surface area contributed by atoms with Crippen molar-refractivity contribution >= 4 is 38.1 Å². The van der Waals surface area contributed by atoms with Crippen LogP contribution in [0, 0.1) is 5.82 Å². The lowest BCUT2D eigenvalue weighted by Crippen LogP contribution is -2.38. The van der Waals surface area contributed by atoms with Crippen molar-refractivity contribution in [1.29, 1.82) is 0 Å². The van der Waals surface area contributed by atoms with E-state index in [-0.39, 0.29) is 11.7 Å². The molecule has 0 radical (unpaired) electrons. The zero-order chi connectivity index (χ0) is 17.7. The zero-order valence-electron chi connectivity index (χ0n) is 13.4. The van der Waals surface area contributed by atoms with Crippen LogP contribution in [0.1, 0.15) is 16.2 Å². The van der Waals surface area contributed by atoms with Crippen LogP contribution in [0.25, 0.3) is 20.4 Å². The molecule has 0 aliphatic carbocycles. The molecule has 0 spiro atoms. The van der Waals surface area contributed by atoms with Crippen LogP contribution >= 0.6 is 22.7 Å². The van der Waals surface area contributed by atoms with Crippen LogP contribution in [-0.2, 0) is 13.1 Å². The molecule has 1 aromatic carbocycles. The molecule has 1 amide bonds. The lowest BCUT2D eigenvalue weighted by atomic mass is 10.2. The smallest absolute Gasteiger partial charge is 0.254 e. The fourth-order valence-electron chi connectivity index (χ4n) is 3.03. The monoisotopic (exact) mass is 385 g/mol. The largest absolute Gasteiger partial charge is 0.329 e. The zero-order valence-corrected chi connectivity index (χ0v) is 15.1. The Morgan fingerprint density at radius 1 is 1.12 bits per heavy atom. The fraction of sp³-hybridized carbons (Fsp3) is 0.176. The van der Waals surface area contributed by atoms with Crippen molar-refractivity contribution in [2.45, 2.75) is 13.1 Å². The molecule has 0 N–H and O–H groups in total. The average Bonchev–Trinajstić information content (AvgIpc) is 3.35. The third-order valence-electron chi connectivity index (χ3n) is 4.34. The normalized spacial score (nSPS) is 14.0. The Morgan fingerprint density at radius 3 is 2.77 bits per heavy atom. The minimum Gasteiger partial charge on any atom is -0.329 e. The minimum absolute atomic E-state index is 0.129. The summed E-state index contributed by atoms with van der Waals surface area (Å²) in [5.74, 6) is 1.01. The third kappa shape index (κ3) is 2.51. The summed E-state index contributed by atoms with van der Waals surface area (Å²) in [5.41, 5.74) is 0.472. The number of fused-ring (bicyclic) bond motifs is 2. The molecule has 3 aromatic heterocycles. The number of carbonyl (C=O) groups is 1. The topological polar surface area (TPSA) is 63.9 Å². The van der Waals surface area contributed by atoms with Crippen LogP contribution in [0.4, 0.5) is 4.39 Å². The summed E-state index contributed by atoms with van der Waals surface area (Å²) >= 11 is 3.21. The van der Waals surface area contributed by atoms with E-state index >= 15 is 0 Å². The molecule has 0 bridgehead atoms. The number of carbonyl (C=O) groups excluding carboxylic acids is 1. The lowest BCUT2D eigenvalue weighted by molar-refractivity contribution is 0.0708. The van der Waals surface area contributed by atoms with Crippen molar-refractivity contribution < 1.29 is 9.18 Å². The van der Waals surface area contributed by atoms with Gasteiger partial charge in [-0.25, -0.2) is 9.37 Å². The van der Waals surface area contributed by atoms with E-state index in [4.69, 9.17) is 0 Å². The first-order valence-corrected chi connectivity index (χ1v) is 9.70. The molecule has 5 rings (SSSR count). The summed E-state index contributed by atoms with van der Waals surface area (Å²) in [7, 11) is 0. The van der Waals surface area contributed by atoms with Crippen molar-refractivity contribution in [1.82, 2.24) is 24.6 Å². The van der Waals surface area contributed by atoms with E-state index < -0.39 is 0 Å². The molecule has 4 aromatic rings. The highest BCUT2D eigenvalue weighted by atomic mass is 32.1. The van der Waals surface area contributed by atoms with E-state index in [0.29, 0.717) is 25.2 Å². The van der Waals surface area contributed by atoms with Crippen LogP contribution in [-0.4, -0.2) is 37.1 Å². The van der Waals surface area contributed by atoms with Crippen molar-refractivity contribution in [2.24, 2.45) is 0 Å². The first-order chi connectivity index (χ1) is 12.7. The van der Waals surface area contributed by atoms with Crippen molar-refractivity contribution in [3.05, 3.63) is 52.9 Å². The molecule has 0 saturated heterocycles. The predicted octanol–water partition coefficient (Wildman–Crippen LogP) is 3.41. The summed E-state index contributed by atoms with van der Waals surface area (Å²) < 4.78 is 16.2. The molecule has 0 unspecified atom stereocenters. The first kappa shape index (κ1) is 15.6. The van der Waals surface area contributed by atoms with Gasteiger partial charge in [0.15, 0.2) is 16.7 Å². The molecule has 9 heteroatoms. The number of aromatic nitrogens is 4. The van der Waals surface area contributed by atoms with E-state index in [1.807, 2.05) is 9.95 Å². The molecule has 130 valence electrons. The Morgan fingerprint density at radius 2 is 1.96 bits per heavy atom. The second-order valence-electron chi connectivity index (χ2n) is 5.93. The number of amides is 1. The minimum atomic E-state index is -0.354. The average molecular weight is 385 g/mol. The molecular formula is C17H12FN5OS2. The van der Waals surface area contributed by atoms with Gasteiger partial charge >= 0.3 is 0 Å². The Labute approximate surface area is 155 Å². The van der Waals surface area contributed by atoms with Gasteiger partial charge < -0.3 is 9.47 Å². The van der Waals surface area contributed by atoms with E-state index in [9.17, 15) is 9.18 Å². The SMILES string of the molecule is O=C(c1ccc(F)cc1)N1CCn2c(nnc2-c2nc3sccc3s2)C1. The maximum absolute atomic E-state index is 13.1. The van der Waals surface area contributed by atoms with E-state index in [1.54, 1.807) is 27.6 Å². The fourth-order valence-corrected chi connectivity index (χ4v) is 4.96. The predicted molar refractivity (Wildman–Crippen MR) is 97.7 cm³/mol. The van der Waals surface area contributed by atoms with Crippen molar-refractivity contribution in [2.75, 3.05) is 6.54 Å². The highest BCUT2D eigenvalue weighted by Gasteiger charge is 2.26. The van der Waals surface area contributed by atoms with Gasteiger partial charge in [0, 0.05) is 18.7 Å². The van der Waals surface area contributed by atoms with E-state index in [2.05, 4.69) is 21.2 Å². The maximum Gasteiger partial charge on any atom is 0.254 e. The number of benzene rings is 1. The van der Waals surface area contributed by atoms with Gasteiger partial charge in [-0.15, -0.1) is 32.9 Å². The summed E-state index contributed by atoms with van der Waals surface area (Å²) in [5, 5.41) is 11.4. The number of thiazole rings is 1. The molecule has 0 atom stereocenters. The molecule has 1 aliphatic heterocycles. The molecule has 0 saturated carbocycles. The van der Waals surface area contributed by atoms with Gasteiger partial charge in [-0.3, -0.25) is 4.79 Å². The number of nitrogens with zero attached hydrogens (tertiary/aromatic N) is 5. The van der Waals surface area contributed by atoms with Gasteiger partial charge in [0.25, 0.3) is 5.91 Å². The number of hydrogen-bond donors (Lipinski definition) is 0. The molecule has 6 nitrogen and oxygen atoms in total. The standard InChI is InChI=1S/C17H12FN5OS2/c18-11-3-1-10(2-4-11)17(24)22-6-7-23-13(9-22)20-21-14(23)16-19-15-12(26-16)5-8-25-15/h1-5,8H,6-7,9H2. The van der Waals surface area contributed by atoms with Crippen LogP contribution in [0.2, 0.25) is 0 Å². The van der Waals surface area contributed by atoms with Gasteiger partial charge in [-0.05, 0) is 35.7 Å². The molecule has 0 fully saturated rings. The summed E-state index contributed by atoms with van der Waals surface area (Å²) in [4.78, 5) is 20.0. The Balaban J connectivity index is 1.42. The first-order valence-electron chi connectivity index (χ1n) is 8.00. The number of thiophene rings is 1. The lowest BCUT2D eigenvalue weighted by Gasteiger charge is -2.27. The van der Waals surface area contributed by atoms with E-state index in [0.717, 1.165) is 26.2 Å². The van der Waals surface area contributed by atoms with Gasteiger partial charge in [0.1, 0.15) is 10.6 Å². The van der Waals surface area contributed by atoms with Gasteiger partial charge in [-0.1, -0.05) is 0 Å². The highest BCUT2D eigenvalue weighted by molar-refractivity contribution is 7.27. The Hall–Kier alpha value is -2.65. The summed E-state index contributed by atoms with van der Waals surface area (Å²) in [6.45, 7) is 1.54. The van der Waals surface area contributed by atoms with E-state index in [1.165, 1.54) is 24.3 Å². The summed E-state index contributed by atoms with van der Waals surface area (Å²) in [6.07, 6.45) is 0. The second kappa shape index (κ2) is 5.96. The van der Waals surface area contributed by atoms with Crippen molar-refractivity contribution in [3.8, 4) is 10.8 Å². The van der Waals surface area contributed by atoms with Gasteiger partial charge in [0.05, 0.1) is 11.2 Å². The summed E-state index contributed by atoms with van der Waals surface area (Å²) in [6, 6.07) is 7.66. The number of hydrogen-bond acceptors (Lipinski definition) is 6. The van der Waals surface area contributed by atoms with Crippen LogP contribution < -0.4 is 0 Å². The third-order valence-corrected chi connectivity index (χ3v) is 6.29. The van der Waals surface area contributed by atoms with Gasteiger partial charge in [-0.2, -0.15) is 0 Å². The quantitative estimate of drug-likeness (QED) is 0.530. The Kier molecular flexibility index (Phi) is 3.57. The maximum atomic E-state index is 13.1. The van der Waals surface area contributed by atoms with Gasteiger partial charge in [0.2, 0.25) is 0 Å². The van der Waals surface area contributed by atoms with Crippen molar-refractivity contribution in [3.63, 3.8) is 0 Å². The molecule has 1 aliphatic rings. The second-order valence-corrected chi connectivity index (χ2v) is 7.86. The number of rotatable bonds is 2. The molecule has 26 heavy (non-hydrogen) atoms. The van der Waals surface area contributed by atoms with Crippen LogP contribution in [0.5, 0.6) is 0 Å². The number of halogens is 1. The molecule has 4 heterocycles. The Bertz CT molecular complexity index is 1090. The van der Waals surface area contributed by atoms with Crippen LogP contribution in [0.15, 0.2) is 35.7 Å². The van der Waals surface area contributed by atoms with Crippen LogP contribution in [0.3, 0.4) is 0 Å². The molecular weight excluding hydrogens is 373 g/mol.